The molecule has 1 fully saturated rings. The molecule has 0 saturated carbocycles. The lowest BCUT2D eigenvalue weighted by molar-refractivity contribution is -0.121. The molecule has 3 unspecified atom stereocenters. The summed E-state index contributed by atoms with van der Waals surface area (Å²) in [5.74, 6) is -0.226. The van der Waals surface area contributed by atoms with E-state index in [2.05, 4.69) is 0 Å². The highest BCUT2D eigenvalue weighted by atomic mass is 32.2. The lowest BCUT2D eigenvalue weighted by Gasteiger charge is -2.20. The Morgan fingerprint density at radius 3 is 2.25 bits per heavy atom. The SMILES string of the molecule is BC(=O)C(C)C(C)c1ccc(N2C(=O)CC(SC(C)C)C2=O)cc1. The van der Waals surface area contributed by atoms with Gasteiger partial charge in [-0.2, -0.15) is 0 Å². The van der Waals surface area contributed by atoms with E-state index in [-0.39, 0.29) is 41.0 Å². The van der Waals surface area contributed by atoms with Crippen LogP contribution in [0.4, 0.5) is 5.69 Å². The molecule has 0 N–H and O–H groups in total. The summed E-state index contributed by atoms with van der Waals surface area (Å²) in [5.41, 5.74) is 1.81. The molecule has 4 nitrogen and oxygen atoms in total. The van der Waals surface area contributed by atoms with Crippen molar-refractivity contribution in [2.24, 2.45) is 5.92 Å². The van der Waals surface area contributed by atoms with E-state index in [1.54, 1.807) is 20.0 Å². The second-order valence-corrected chi connectivity index (χ2v) is 8.51. The van der Waals surface area contributed by atoms with E-state index in [1.165, 1.54) is 16.7 Å². The quantitative estimate of drug-likeness (QED) is 0.587. The maximum atomic E-state index is 12.5. The summed E-state index contributed by atoms with van der Waals surface area (Å²) in [6, 6.07) is 7.42. The number of hydrogen-bond donors (Lipinski definition) is 0. The lowest BCUT2D eigenvalue weighted by atomic mass is 9.79. The molecule has 6 heteroatoms. The molecule has 1 aromatic rings. The van der Waals surface area contributed by atoms with Gasteiger partial charge in [0.25, 0.3) is 0 Å². The van der Waals surface area contributed by atoms with Crippen LogP contribution in [0.25, 0.3) is 0 Å². The highest BCUT2D eigenvalue weighted by Gasteiger charge is 2.40. The molecule has 0 radical (unpaired) electrons. The molecule has 2 amide bonds. The maximum absolute atomic E-state index is 12.5. The van der Waals surface area contributed by atoms with Crippen LogP contribution >= 0.6 is 11.8 Å². The highest BCUT2D eigenvalue weighted by Crippen LogP contribution is 2.33. The number of benzene rings is 1. The number of nitrogens with zero attached hydrogens (tertiary/aromatic N) is 1. The van der Waals surface area contributed by atoms with Gasteiger partial charge in [-0.1, -0.05) is 39.8 Å². The van der Waals surface area contributed by atoms with Gasteiger partial charge in [0, 0.05) is 12.3 Å². The monoisotopic (exact) mass is 345 g/mol. The van der Waals surface area contributed by atoms with Gasteiger partial charge in [-0.15, -0.1) is 11.8 Å². The molecule has 128 valence electrons. The third-order valence-corrected chi connectivity index (χ3v) is 5.85. The first-order valence-corrected chi connectivity index (χ1v) is 9.29. The summed E-state index contributed by atoms with van der Waals surface area (Å²) < 4.78 is 0. The van der Waals surface area contributed by atoms with Crippen LogP contribution < -0.4 is 4.90 Å². The van der Waals surface area contributed by atoms with Crippen LogP contribution in [0.1, 0.15) is 45.6 Å². The zero-order valence-electron chi connectivity index (χ0n) is 14.9. The van der Waals surface area contributed by atoms with E-state index in [4.69, 9.17) is 0 Å². The van der Waals surface area contributed by atoms with Gasteiger partial charge in [0.05, 0.1) is 16.6 Å². The van der Waals surface area contributed by atoms with Crippen molar-refractivity contribution in [1.82, 2.24) is 0 Å². The fourth-order valence-electron chi connectivity index (χ4n) is 2.88. The molecule has 24 heavy (non-hydrogen) atoms. The average molecular weight is 345 g/mol. The third-order valence-electron chi connectivity index (χ3n) is 4.61. The van der Waals surface area contributed by atoms with Crippen molar-refractivity contribution < 1.29 is 14.4 Å². The number of amides is 2. The van der Waals surface area contributed by atoms with Gasteiger partial charge in [0.15, 0.2) is 7.85 Å². The molecule has 1 aliphatic heterocycles. The fourth-order valence-corrected chi connectivity index (χ4v) is 4.00. The second kappa shape index (κ2) is 7.56. The van der Waals surface area contributed by atoms with Crippen LogP contribution in [-0.4, -0.2) is 35.8 Å². The van der Waals surface area contributed by atoms with Crippen LogP contribution in [-0.2, 0) is 14.4 Å². The Morgan fingerprint density at radius 2 is 1.75 bits per heavy atom. The Labute approximate surface area is 148 Å². The lowest BCUT2D eigenvalue weighted by Crippen LogP contribution is -2.31. The molecule has 0 spiro atoms. The van der Waals surface area contributed by atoms with E-state index < -0.39 is 0 Å². The van der Waals surface area contributed by atoms with Crippen LogP contribution in [0.2, 0.25) is 0 Å². The van der Waals surface area contributed by atoms with Crippen molar-refractivity contribution in [2.45, 2.75) is 50.5 Å². The maximum Gasteiger partial charge on any atom is 0.247 e. The van der Waals surface area contributed by atoms with E-state index in [0.717, 1.165) is 5.56 Å². The predicted molar refractivity (Wildman–Crippen MR) is 101 cm³/mol. The van der Waals surface area contributed by atoms with Gasteiger partial charge >= 0.3 is 0 Å². The van der Waals surface area contributed by atoms with Crippen molar-refractivity contribution in [3.05, 3.63) is 29.8 Å². The van der Waals surface area contributed by atoms with Gasteiger partial charge < -0.3 is 4.79 Å². The van der Waals surface area contributed by atoms with Crippen molar-refractivity contribution in [3.63, 3.8) is 0 Å². The van der Waals surface area contributed by atoms with Crippen molar-refractivity contribution in [2.75, 3.05) is 4.90 Å². The summed E-state index contributed by atoms with van der Waals surface area (Å²) in [4.78, 5) is 37.6. The fraction of sp³-hybridized carbons (Fsp3) is 0.500. The van der Waals surface area contributed by atoms with E-state index in [1.807, 2.05) is 39.8 Å². The molecule has 3 atom stereocenters. The minimum atomic E-state index is -0.283. The summed E-state index contributed by atoms with van der Waals surface area (Å²) in [7, 11) is 1.60. The van der Waals surface area contributed by atoms with Crippen molar-refractivity contribution >= 4 is 42.8 Å². The van der Waals surface area contributed by atoms with E-state index in [9.17, 15) is 14.4 Å². The number of thioether (sulfide) groups is 1. The number of hydrogen-bond acceptors (Lipinski definition) is 4. The van der Waals surface area contributed by atoms with Crippen molar-refractivity contribution in [1.29, 1.82) is 0 Å². The predicted octanol–water partition coefficient (Wildman–Crippen LogP) is 2.36. The molecule has 0 aliphatic carbocycles. The summed E-state index contributed by atoms with van der Waals surface area (Å²) in [5, 5.41) is 0.0248. The third kappa shape index (κ3) is 3.91. The summed E-state index contributed by atoms with van der Waals surface area (Å²) >= 11 is 1.54. The Kier molecular flexibility index (Phi) is 5.91. The van der Waals surface area contributed by atoms with E-state index in [0.29, 0.717) is 10.9 Å². The Bertz CT molecular complexity index is 644. The van der Waals surface area contributed by atoms with Gasteiger partial charge in [-0.05, 0) is 28.9 Å². The highest BCUT2D eigenvalue weighted by molar-refractivity contribution is 8.01. The van der Waals surface area contributed by atoms with E-state index >= 15 is 0 Å². The van der Waals surface area contributed by atoms with Crippen LogP contribution in [0.3, 0.4) is 0 Å². The molecule has 1 saturated heterocycles. The van der Waals surface area contributed by atoms with Crippen molar-refractivity contribution in [3.8, 4) is 0 Å². The van der Waals surface area contributed by atoms with Crippen LogP contribution in [0.5, 0.6) is 0 Å². The molecule has 0 aromatic heterocycles. The van der Waals surface area contributed by atoms with Gasteiger partial charge in [0.2, 0.25) is 11.8 Å². The number of rotatable bonds is 6. The van der Waals surface area contributed by atoms with Gasteiger partial charge in [0.1, 0.15) is 0 Å². The minimum absolute atomic E-state index is 0.0577. The Balaban J connectivity index is 2.17. The van der Waals surface area contributed by atoms with Gasteiger partial charge in [-0.3, -0.25) is 9.59 Å². The molecule has 1 aliphatic rings. The molecular formula is C18H24BNO3S. The van der Waals surface area contributed by atoms with Gasteiger partial charge in [-0.25, -0.2) is 4.90 Å². The molecule has 1 aromatic carbocycles. The topological polar surface area (TPSA) is 54.5 Å². The smallest absolute Gasteiger partial charge is 0.247 e. The molecule has 1 heterocycles. The zero-order valence-corrected chi connectivity index (χ0v) is 15.7. The summed E-state index contributed by atoms with van der Waals surface area (Å²) in [6.07, 6.45) is 0.265. The Hall–Kier alpha value is -1.56. The second-order valence-electron chi connectivity index (χ2n) is 6.72. The zero-order chi connectivity index (χ0) is 18.0. The first-order chi connectivity index (χ1) is 11.2. The largest absolute Gasteiger partial charge is 0.312 e. The summed E-state index contributed by atoms with van der Waals surface area (Å²) in [6.45, 7) is 7.99. The van der Waals surface area contributed by atoms with Crippen LogP contribution in [0.15, 0.2) is 24.3 Å². The normalized spacial score (nSPS) is 20.5. The first-order valence-electron chi connectivity index (χ1n) is 8.35. The molecule has 0 bridgehead atoms. The number of imide groups is 1. The molecule has 2 rings (SSSR count). The standard InChI is InChI=1S/C18H24BNO3S/c1-10(2)24-15-9-16(21)20(18(15)23)14-7-5-13(6-8-14)11(3)12(4)17(19)22/h5-8,10-12,15H,9,19H2,1-4H3. The number of carbonyl (C=O) groups excluding carboxylic acids is 3. The average Bonchev–Trinajstić information content (AvgIpc) is 2.79. The number of carbonyl (C=O) groups is 3. The minimum Gasteiger partial charge on any atom is -0.312 e. The van der Waals surface area contributed by atoms with Crippen LogP contribution in [0, 0.1) is 5.92 Å². The number of anilines is 1. The Morgan fingerprint density at radius 1 is 1.17 bits per heavy atom. The first kappa shape index (κ1) is 18.8. The molecular weight excluding hydrogens is 321 g/mol.